The first-order chi connectivity index (χ1) is 15.5. The summed E-state index contributed by atoms with van der Waals surface area (Å²) in [5.41, 5.74) is 3.42. The van der Waals surface area contributed by atoms with Crippen LogP contribution in [-0.2, 0) is 6.54 Å². The zero-order valence-electron chi connectivity index (χ0n) is 18.5. The van der Waals surface area contributed by atoms with Gasteiger partial charge in [-0.1, -0.05) is 43.4 Å². The molecule has 0 unspecified atom stereocenters. The van der Waals surface area contributed by atoms with Crippen molar-refractivity contribution in [1.29, 1.82) is 0 Å². The quantitative estimate of drug-likeness (QED) is 0.365. The number of carbonyl (C=O) groups is 1. The molecule has 2 heterocycles. The molecule has 0 aliphatic rings. The van der Waals surface area contributed by atoms with Crippen LogP contribution in [0.2, 0.25) is 0 Å². The maximum Gasteiger partial charge on any atom is 0.264 e. The van der Waals surface area contributed by atoms with Crippen molar-refractivity contribution in [3.63, 3.8) is 0 Å². The lowest BCUT2D eigenvalue weighted by molar-refractivity contribution is 0.0982. The number of benzene rings is 2. The molecule has 0 fully saturated rings. The lowest BCUT2D eigenvalue weighted by atomic mass is 10.0. The van der Waals surface area contributed by atoms with Crippen LogP contribution in [0.25, 0.3) is 10.2 Å². The Morgan fingerprint density at radius 3 is 2.62 bits per heavy atom. The third-order valence-corrected chi connectivity index (χ3v) is 6.28. The Morgan fingerprint density at radius 2 is 1.94 bits per heavy atom. The van der Waals surface area contributed by atoms with Crippen LogP contribution in [-0.4, -0.2) is 30.1 Å². The van der Waals surface area contributed by atoms with Crippen LogP contribution in [0.1, 0.15) is 41.3 Å². The van der Waals surface area contributed by atoms with Gasteiger partial charge in [-0.2, -0.15) is 0 Å². The summed E-state index contributed by atoms with van der Waals surface area (Å²) in [6, 6.07) is 15.2. The van der Waals surface area contributed by atoms with Crippen molar-refractivity contribution in [2.45, 2.75) is 26.3 Å². The number of hydrogen-bond acceptors (Lipinski definition) is 6. The van der Waals surface area contributed by atoms with Crippen LogP contribution < -0.4 is 14.4 Å². The number of para-hydroxylation sites is 1. The summed E-state index contributed by atoms with van der Waals surface area (Å²) in [5, 5.41) is 0.631. The molecule has 2 aromatic carbocycles. The number of aromatic nitrogens is 2. The van der Waals surface area contributed by atoms with E-state index in [2.05, 4.69) is 24.9 Å². The van der Waals surface area contributed by atoms with E-state index in [4.69, 9.17) is 14.5 Å². The molecule has 0 bridgehead atoms. The number of ether oxygens (including phenoxy) is 2. The highest BCUT2D eigenvalue weighted by Gasteiger charge is 2.26. The van der Waals surface area contributed by atoms with Crippen LogP contribution in [0.3, 0.4) is 0 Å². The van der Waals surface area contributed by atoms with E-state index in [1.54, 1.807) is 49.7 Å². The molecule has 4 rings (SSSR count). The molecule has 0 saturated carbocycles. The first kappa shape index (κ1) is 21.8. The van der Waals surface area contributed by atoms with E-state index in [1.165, 1.54) is 11.3 Å². The minimum Gasteiger partial charge on any atom is -0.497 e. The average molecular weight is 448 g/mol. The second-order valence-electron chi connectivity index (χ2n) is 7.66. The molecular formula is C25H25N3O3S. The van der Waals surface area contributed by atoms with E-state index in [-0.39, 0.29) is 5.91 Å². The second-order valence-corrected chi connectivity index (χ2v) is 8.67. The van der Waals surface area contributed by atoms with Gasteiger partial charge in [0.05, 0.1) is 36.5 Å². The number of nitrogens with zero attached hydrogens (tertiary/aromatic N) is 3. The molecule has 0 saturated heterocycles. The lowest BCUT2D eigenvalue weighted by Crippen LogP contribution is -2.30. The molecule has 0 aliphatic carbocycles. The smallest absolute Gasteiger partial charge is 0.264 e. The normalized spacial score (nSPS) is 11.0. The molecule has 0 spiro atoms. The van der Waals surface area contributed by atoms with Crippen molar-refractivity contribution in [2.75, 3.05) is 19.1 Å². The summed E-state index contributed by atoms with van der Waals surface area (Å²) >= 11 is 1.50. The number of hydrogen-bond donors (Lipinski definition) is 0. The Labute approximate surface area is 191 Å². The molecule has 164 valence electrons. The van der Waals surface area contributed by atoms with Gasteiger partial charge in [0.15, 0.2) is 5.13 Å². The highest BCUT2D eigenvalue weighted by molar-refractivity contribution is 7.22. The van der Waals surface area contributed by atoms with E-state index in [0.29, 0.717) is 34.7 Å². The van der Waals surface area contributed by atoms with Gasteiger partial charge in [-0.3, -0.25) is 14.7 Å². The van der Waals surface area contributed by atoms with Gasteiger partial charge >= 0.3 is 0 Å². The van der Waals surface area contributed by atoms with Crippen LogP contribution in [0, 0.1) is 0 Å². The summed E-state index contributed by atoms with van der Waals surface area (Å²) in [5.74, 6) is 1.18. The Balaban J connectivity index is 1.84. The summed E-state index contributed by atoms with van der Waals surface area (Å²) in [6.45, 7) is 4.63. The fourth-order valence-corrected chi connectivity index (χ4v) is 4.56. The molecule has 0 N–H and O–H groups in total. The molecule has 0 radical (unpaired) electrons. The SMILES string of the molecule is COc1ccc(OC)c(C(=O)N(Cc2cccnc2)c2nc3c(C(C)C)cccc3s2)c1. The molecule has 0 aliphatic heterocycles. The van der Waals surface area contributed by atoms with Crippen molar-refractivity contribution in [2.24, 2.45) is 0 Å². The van der Waals surface area contributed by atoms with Gasteiger partial charge in [0, 0.05) is 12.4 Å². The highest BCUT2D eigenvalue weighted by atomic mass is 32.1. The van der Waals surface area contributed by atoms with Gasteiger partial charge in [0.25, 0.3) is 5.91 Å². The topological polar surface area (TPSA) is 64.6 Å². The van der Waals surface area contributed by atoms with Crippen molar-refractivity contribution in [3.05, 3.63) is 77.6 Å². The van der Waals surface area contributed by atoms with Crippen LogP contribution in [0.4, 0.5) is 5.13 Å². The van der Waals surface area contributed by atoms with Gasteiger partial charge in [0.2, 0.25) is 0 Å². The zero-order chi connectivity index (χ0) is 22.7. The first-order valence-corrected chi connectivity index (χ1v) is 11.2. The number of thiazole rings is 1. The van der Waals surface area contributed by atoms with E-state index in [0.717, 1.165) is 21.3 Å². The predicted molar refractivity (Wildman–Crippen MR) is 128 cm³/mol. The molecule has 1 amide bonds. The van der Waals surface area contributed by atoms with E-state index in [9.17, 15) is 4.79 Å². The average Bonchev–Trinajstić information content (AvgIpc) is 3.26. The second kappa shape index (κ2) is 9.36. The number of methoxy groups -OCH3 is 2. The van der Waals surface area contributed by atoms with Crippen LogP contribution in [0.15, 0.2) is 60.9 Å². The molecule has 0 atom stereocenters. The number of anilines is 1. The van der Waals surface area contributed by atoms with Gasteiger partial charge < -0.3 is 9.47 Å². The van der Waals surface area contributed by atoms with Gasteiger partial charge in [-0.25, -0.2) is 4.98 Å². The third-order valence-electron chi connectivity index (χ3n) is 5.24. The standard InChI is InChI=1S/C25H25N3O3S/c1-16(2)19-8-5-9-22-23(19)27-25(32-22)28(15-17-7-6-12-26-14-17)24(29)20-13-18(30-3)10-11-21(20)31-4/h5-14,16H,15H2,1-4H3. The molecule has 7 heteroatoms. The fourth-order valence-electron chi connectivity index (χ4n) is 3.57. The number of pyridine rings is 1. The van der Waals surface area contributed by atoms with Crippen molar-refractivity contribution < 1.29 is 14.3 Å². The van der Waals surface area contributed by atoms with Crippen LogP contribution >= 0.6 is 11.3 Å². The van der Waals surface area contributed by atoms with Gasteiger partial charge in [-0.15, -0.1) is 0 Å². The number of amides is 1. The van der Waals surface area contributed by atoms with Crippen molar-refractivity contribution in [1.82, 2.24) is 9.97 Å². The lowest BCUT2D eigenvalue weighted by Gasteiger charge is -2.21. The molecule has 6 nitrogen and oxygen atoms in total. The molecule has 32 heavy (non-hydrogen) atoms. The Kier molecular flexibility index (Phi) is 6.37. The number of fused-ring (bicyclic) bond motifs is 1. The maximum absolute atomic E-state index is 13.8. The Hall–Kier alpha value is -3.45. The maximum atomic E-state index is 13.8. The van der Waals surface area contributed by atoms with Gasteiger partial charge in [-0.05, 0) is 47.4 Å². The minimum atomic E-state index is -0.213. The van der Waals surface area contributed by atoms with Crippen molar-refractivity contribution >= 4 is 32.6 Å². The molecule has 2 aromatic heterocycles. The summed E-state index contributed by atoms with van der Waals surface area (Å²) in [7, 11) is 3.13. The van der Waals surface area contributed by atoms with Crippen LogP contribution in [0.5, 0.6) is 11.5 Å². The highest BCUT2D eigenvalue weighted by Crippen LogP contribution is 2.36. The van der Waals surface area contributed by atoms with Gasteiger partial charge in [0.1, 0.15) is 11.5 Å². The number of rotatable bonds is 7. The largest absolute Gasteiger partial charge is 0.497 e. The minimum absolute atomic E-state index is 0.213. The molecular weight excluding hydrogens is 422 g/mol. The monoisotopic (exact) mass is 447 g/mol. The predicted octanol–water partition coefficient (Wildman–Crippen LogP) is 5.68. The first-order valence-electron chi connectivity index (χ1n) is 10.3. The van der Waals surface area contributed by atoms with E-state index < -0.39 is 0 Å². The van der Waals surface area contributed by atoms with E-state index >= 15 is 0 Å². The number of carbonyl (C=O) groups excluding carboxylic acids is 1. The zero-order valence-corrected chi connectivity index (χ0v) is 19.3. The summed E-state index contributed by atoms with van der Waals surface area (Å²) in [6.07, 6.45) is 3.48. The molecule has 4 aromatic rings. The van der Waals surface area contributed by atoms with E-state index in [1.807, 2.05) is 24.3 Å². The Morgan fingerprint density at radius 1 is 1.09 bits per heavy atom. The Bertz CT molecular complexity index is 1240. The summed E-state index contributed by atoms with van der Waals surface area (Å²) < 4.78 is 11.9. The van der Waals surface area contributed by atoms with Crippen molar-refractivity contribution in [3.8, 4) is 11.5 Å². The summed E-state index contributed by atoms with van der Waals surface area (Å²) in [4.78, 5) is 24.6. The fraction of sp³-hybridized carbons (Fsp3) is 0.240. The third kappa shape index (κ3) is 4.29.